The number of rotatable bonds is 6. The molecule has 0 saturated carbocycles. The number of para-hydroxylation sites is 1. The molecule has 0 fully saturated rings. The van der Waals surface area contributed by atoms with Crippen molar-refractivity contribution in [3.8, 4) is 11.5 Å². The number of thiophene rings is 1. The Kier molecular flexibility index (Phi) is 5.66. The van der Waals surface area contributed by atoms with Crippen molar-refractivity contribution in [2.45, 2.75) is 6.92 Å². The zero-order valence-corrected chi connectivity index (χ0v) is 14.9. The number of carbonyl (C=O) groups is 2. The number of hydrogen-bond acceptors (Lipinski definition) is 5. The van der Waals surface area contributed by atoms with Crippen LogP contribution in [0.4, 0.5) is 5.00 Å². The van der Waals surface area contributed by atoms with Gasteiger partial charge in [-0.15, -0.1) is 11.3 Å². The van der Waals surface area contributed by atoms with Crippen LogP contribution in [0.2, 0.25) is 0 Å². The first-order chi connectivity index (χ1) is 12.7. The maximum Gasteiger partial charge on any atom is 0.341 e. The molecule has 3 rings (SSSR count). The summed E-state index contributed by atoms with van der Waals surface area (Å²) in [5.74, 6) is 0.610. The van der Waals surface area contributed by atoms with E-state index in [4.69, 9.17) is 9.47 Å². The average molecular weight is 367 g/mol. The molecule has 3 aromatic rings. The fraction of sp³-hybridized carbons (Fsp3) is 0.100. The zero-order chi connectivity index (χ0) is 18.4. The van der Waals surface area contributed by atoms with Crippen LogP contribution in [0, 0.1) is 0 Å². The van der Waals surface area contributed by atoms with E-state index in [1.807, 2.05) is 30.3 Å². The van der Waals surface area contributed by atoms with E-state index in [0.717, 1.165) is 5.75 Å². The van der Waals surface area contributed by atoms with Crippen LogP contribution < -0.4 is 10.1 Å². The molecule has 1 heterocycles. The van der Waals surface area contributed by atoms with Gasteiger partial charge in [0, 0.05) is 5.56 Å². The highest BCUT2D eigenvalue weighted by Gasteiger charge is 2.16. The predicted molar refractivity (Wildman–Crippen MR) is 101 cm³/mol. The van der Waals surface area contributed by atoms with Gasteiger partial charge in [0.2, 0.25) is 0 Å². The molecule has 2 aromatic carbocycles. The van der Waals surface area contributed by atoms with E-state index in [0.29, 0.717) is 21.9 Å². The van der Waals surface area contributed by atoms with E-state index >= 15 is 0 Å². The van der Waals surface area contributed by atoms with Crippen LogP contribution in [0.15, 0.2) is 66.0 Å². The number of benzene rings is 2. The Balaban J connectivity index is 1.67. The molecule has 0 saturated heterocycles. The normalized spacial score (nSPS) is 10.2. The summed E-state index contributed by atoms with van der Waals surface area (Å²) < 4.78 is 10.7. The lowest BCUT2D eigenvalue weighted by molar-refractivity contribution is 0.0528. The molecule has 0 unspecified atom stereocenters. The van der Waals surface area contributed by atoms with Gasteiger partial charge >= 0.3 is 5.97 Å². The van der Waals surface area contributed by atoms with Crippen molar-refractivity contribution in [3.63, 3.8) is 0 Å². The molecule has 0 aliphatic carbocycles. The fourth-order valence-electron chi connectivity index (χ4n) is 2.25. The van der Waals surface area contributed by atoms with E-state index in [9.17, 15) is 9.59 Å². The Morgan fingerprint density at radius 2 is 1.65 bits per heavy atom. The number of nitrogens with one attached hydrogen (secondary N) is 1. The van der Waals surface area contributed by atoms with Crippen molar-refractivity contribution in [1.29, 1.82) is 0 Å². The summed E-state index contributed by atoms with van der Waals surface area (Å²) in [6.45, 7) is 2.02. The van der Waals surface area contributed by atoms with Gasteiger partial charge in [-0.05, 0) is 54.8 Å². The molecule has 132 valence electrons. The summed E-state index contributed by atoms with van der Waals surface area (Å²) in [5.41, 5.74) is 0.822. The molecule has 0 spiro atoms. The third kappa shape index (κ3) is 4.29. The SMILES string of the molecule is CCOC(=O)c1ccsc1NC(=O)c1ccc(Oc2ccccc2)cc1. The van der Waals surface area contributed by atoms with Crippen LogP contribution in [0.25, 0.3) is 0 Å². The van der Waals surface area contributed by atoms with Gasteiger partial charge in [-0.2, -0.15) is 0 Å². The first-order valence-corrected chi connectivity index (χ1v) is 8.94. The molecule has 0 aliphatic rings. The van der Waals surface area contributed by atoms with Crippen LogP contribution in [0.1, 0.15) is 27.6 Å². The molecule has 0 bridgehead atoms. The van der Waals surface area contributed by atoms with E-state index in [1.165, 1.54) is 11.3 Å². The number of carbonyl (C=O) groups excluding carboxylic acids is 2. The Bertz CT molecular complexity index is 888. The minimum atomic E-state index is -0.448. The summed E-state index contributed by atoms with van der Waals surface area (Å²) in [5, 5.41) is 4.96. The van der Waals surface area contributed by atoms with Crippen molar-refractivity contribution in [2.75, 3.05) is 11.9 Å². The quantitative estimate of drug-likeness (QED) is 0.625. The summed E-state index contributed by atoms with van der Waals surface area (Å²) in [6.07, 6.45) is 0. The van der Waals surface area contributed by atoms with Gasteiger partial charge < -0.3 is 14.8 Å². The van der Waals surface area contributed by atoms with Gasteiger partial charge in [-0.25, -0.2) is 4.79 Å². The van der Waals surface area contributed by atoms with Crippen LogP contribution in [-0.4, -0.2) is 18.5 Å². The van der Waals surface area contributed by atoms with Gasteiger partial charge in [0.15, 0.2) is 0 Å². The first kappa shape index (κ1) is 17.7. The van der Waals surface area contributed by atoms with Gasteiger partial charge in [-0.3, -0.25) is 4.79 Å². The van der Waals surface area contributed by atoms with Gasteiger partial charge in [0.1, 0.15) is 16.5 Å². The monoisotopic (exact) mass is 367 g/mol. The summed E-state index contributed by atoms with van der Waals surface area (Å²) in [4.78, 5) is 24.3. The Labute approximate surface area is 155 Å². The number of anilines is 1. The molecule has 0 atom stereocenters. The third-order valence-electron chi connectivity index (χ3n) is 3.48. The van der Waals surface area contributed by atoms with E-state index in [1.54, 1.807) is 42.6 Å². The van der Waals surface area contributed by atoms with Crippen molar-refractivity contribution in [2.24, 2.45) is 0 Å². The van der Waals surface area contributed by atoms with E-state index in [2.05, 4.69) is 5.32 Å². The van der Waals surface area contributed by atoms with Crippen LogP contribution in [0.3, 0.4) is 0 Å². The highest BCUT2D eigenvalue weighted by atomic mass is 32.1. The minimum absolute atomic E-state index is 0.283. The molecule has 1 N–H and O–H groups in total. The largest absolute Gasteiger partial charge is 0.462 e. The Hall–Kier alpha value is -3.12. The summed E-state index contributed by atoms with van der Waals surface area (Å²) >= 11 is 1.27. The van der Waals surface area contributed by atoms with Crippen molar-refractivity contribution in [3.05, 3.63) is 77.2 Å². The summed E-state index contributed by atoms with van der Waals surface area (Å²) in [6, 6.07) is 17.8. The third-order valence-corrected chi connectivity index (χ3v) is 4.31. The molecule has 1 amide bonds. The van der Waals surface area contributed by atoms with Crippen molar-refractivity contribution >= 4 is 28.2 Å². The molecule has 26 heavy (non-hydrogen) atoms. The number of ether oxygens (including phenoxy) is 2. The highest BCUT2D eigenvalue weighted by Crippen LogP contribution is 2.26. The van der Waals surface area contributed by atoms with Crippen molar-refractivity contribution in [1.82, 2.24) is 0 Å². The summed E-state index contributed by atoms with van der Waals surface area (Å²) in [7, 11) is 0. The molecule has 6 heteroatoms. The number of hydrogen-bond donors (Lipinski definition) is 1. The van der Waals surface area contributed by atoms with Crippen LogP contribution in [-0.2, 0) is 4.74 Å². The molecule has 1 aromatic heterocycles. The second kappa shape index (κ2) is 8.31. The molecule has 0 aliphatic heterocycles. The Morgan fingerprint density at radius 1 is 0.962 bits per heavy atom. The molecule has 0 radical (unpaired) electrons. The standard InChI is InChI=1S/C20H17NO4S/c1-2-24-20(23)17-12-13-26-19(17)21-18(22)14-8-10-16(11-9-14)25-15-6-4-3-5-7-15/h3-13H,2H2,1H3,(H,21,22). The van der Waals surface area contributed by atoms with Crippen molar-refractivity contribution < 1.29 is 19.1 Å². The topological polar surface area (TPSA) is 64.6 Å². The number of amides is 1. The fourth-order valence-corrected chi connectivity index (χ4v) is 3.02. The minimum Gasteiger partial charge on any atom is -0.462 e. The van der Waals surface area contributed by atoms with Gasteiger partial charge in [0.25, 0.3) is 5.91 Å². The van der Waals surface area contributed by atoms with E-state index < -0.39 is 5.97 Å². The van der Waals surface area contributed by atoms with Crippen LogP contribution >= 0.6 is 11.3 Å². The molecule has 5 nitrogen and oxygen atoms in total. The maximum atomic E-state index is 12.4. The first-order valence-electron chi connectivity index (χ1n) is 8.06. The molecular weight excluding hydrogens is 350 g/mol. The molecular formula is C20H17NO4S. The Morgan fingerprint density at radius 3 is 2.35 bits per heavy atom. The van der Waals surface area contributed by atoms with Crippen LogP contribution in [0.5, 0.6) is 11.5 Å². The number of esters is 1. The maximum absolute atomic E-state index is 12.4. The van der Waals surface area contributed by atoms with Gasteiger partial charge in [-0.1, -0.05) is 18.2 Å². The smallest absolute Gasteiger partial charge is 0.341 e. The second-order valence-electron chi connectivity index (χ2n) is 5.28. The lowest BCUT2D eigenvalue weighted by atomic mass is 10.2. The lowest BCUT2D eigenvalue weighted by Gasteiger charge is -2.08. The van der Waals surface area contributed by atoms with E-state index in [-0.39, 0.29) is 12.5 Å². The zero-order valence-electron chi connectivity index (χ0n) is 14.1. The average Bonchev–Trinajstić information content (AvgIpc) is 3.11. The highest BCUT2D eigenvalue weighted by molar-refractivity contribution is 7.14. The van der Waals surface area contributed by atoms with Gasteiger partial charge in [0.05, 0.1) is 12.2 Å². The second-order valence-corrected chi connectivity index (χ2v) is 6.19. The predicted octanol–water partition coefficient (Wildman–Crippen LogP) is 4.97. The lowest BCUT2D eigenvalue weighted by Crippen LogP contribution is -2.14.